The van der Waals surface area contributed by atoms with Gasteiger partial charge < -0.3 is 14.8 Å². The Labute approximate surface area is 240 Å². The molecule has 1 heterocycles. The molecule has 0 aromatic heterocycles. The molecule has 1 aliphatic rings. The number of amides is 5. The van der Waals surface area contributed by atoms with Crippen LogP contribution in [0.3, 0.4) is 0 Å². The summed E-state index contributed by atoms with van der Waals surface area (Å²) in [4.78, 5) is 52.0. The number of rotatable bonds is 7. The summed E-state index contributed by atoms with van der Waals surface area (Å²) in [7, 11) is 1.43. The maximum absolute atomic E-state index is 13.3. The van der Waals surface area contributed by atoms with E-state index < -0.39 is 17.8 Å². The molecule has 0 saturated carbocycles. The summed E-state index contributed by atoms with van der Waals surface area (Å²) < 4.78 is 11.7. The molecule has 0 radical (unpaired) electrons. The van der Waals surface area contributed by atoms with Crippen molar-refractivity contribution < 1.29 is 28.7 Å². The second-order valence-electron chi connectivity index (χ2n) is 9.34. The Bertz CT molecular complexity index is 1580. The van der Waals surface area contributed by atoms with E-state index in [1.807, 2.05) is 45.9 Å². The van der Waals surface area contributed by atoms with Gasteiger partial charge in [0.25, 0.3) is 17.7 Å². The van der Waals surface area contributed by atoms with Crippen molar-refractivity contribution in [1.29, 1.82) is 0 Å². The van der Waals surface area contributed by atoms with Crippen molar-refractivity contribution in [2.24, 2.45) is 0 Å². The summed E-state index contributed by atoms with van der Waals surface area (Å²) in [5, 5.41) is 5.06. The van der Waals surface area contributed by atoms with Crippen LogP contribution < -0.4 is 25.0 Å². The molecule has 1 aliphatic heterocycles. The lowest BCUT2D eigenvalue weighted by Gasteiger charge is -2.27. The molecule has 3 aromatic rings. The highest BCUT2D eigenvalue weighted by Gasteiger charge is 2.37. The van der Waals surface area contributed by atoms with Crippen LogP contribution in [-0.4, -0.2) is 37.5 Å². The van der Waals surface area contributed by atoms with Gasteiger partial charge in [0.05, 0.1) is 17.3 Å². The van der Waals surface area contributed by atoms with Gasteiger partial charge in [0.2, 0.25) is 0 Å². The van der Waals surface area contributed by atoms with Crippen LogP contribution in [-0.2, 0) is 14.4 Å². The minimum absolute atomic E-state index is 0.228. The summed E-state index contributed by atoms with van der Waals surface area (Å²) in [6.07, 6.45) is 1.36. The number of methoxy groups -OCH3 is 1. The zero-order chi connectivity index (χ0) is 29.1. The molecule has 206 valence electrons. The SMILES string of the molecule is COc1cc(/C=C2/C(=O)NC(=O)N(c3ccc(C)c(C)c3)C2=O)cc(Br)c1OCC(=O)Nc1cccc(C)c1C. The first-order valence-electron chi connectivity index (χ1n) is 12.3. The molecule has 1 saturated heterocycles. The van der Waals surface area contributed by atoms with E-state index in [2.05, 4.69) is 26.6 Å². The second kappa shape index (κ2) is 11.7. The molecule has 2 N–H and O–H groups in total. The van der Waals surface area contributed by atoms with E-state index >= 15 is 0 Å². The summed E-state index contributed by atoms with van der Waals surface area (Å²) in [6.45, 7) is 7.39. The zero-order valence-corrected chi connectivity index (χ0v) is 24.3. The molecule has 40 heavy (non-hydrogen) atoms. The smallest absolute Gasteiger partial charge is 0.335 e. The first kappa shape index (κ1) is 28.6. The molecule has 0 spiro atoms. The summed E-state index contributed by atoms with van der Waals surface area (Å²) in [5.41, 5.74) is 5.17. The highest BCUT2D eigenvalue weighted by molar-refractivity contribution is 9.10. The van der Waals surface area contributed by atoms with Crippen molar-refractivity contribution in [3.8, 4) is 11.5 Å². The number of anilines is 2. The first-order chi connectivity index (χ1) is 19.0. The largest absolute Gasteiger partial charge is 0.493 e. The van der Waals surface area contributed by atoms with E-state index in [0.29, 0.717) is 21.4 Å². The van der Waals surface area contributed by atoms with Crippen molar-refractivity contribution >= 4 is 57.1 Å². The maximum atomic E-state index is 13.3. The number of aryl methyl sites for hydroxylation is 3. The molecule has 4 rings (SSSR count). The van der Waals surface area contributed by atoms with Crippen molar-refractivity contribution in [3.05, 3.63) is 86.4 Å². The topological polar surface area (TPSA) is 114 Å². The average Bonchev–Trinajstić information content (AvgIpc) is 2.90. The van der Waals surface area contributed by atoms with E-state index in [0.717, 1.165) is 27.2 Å². The monoisotopic (exact) mass is 605 g/mol. The molecule has 0 aliphatic carbocycles. The minimum Gasteiger partial charge on any atom is -0.493 e. The fraction of sp³-hybridized carbons (Fsp3) is 0.200. The molecule has 5 amide bonds. The minimum atomic E-state index is -0.822. The summed E-state index contributed by atoms with van der Waals surface area (Å²) in [5.74, 6) is -1.38. The summed E-state index contributed by atoms with van der Waals surface area (Å²) >= 11 is 3.43. The molecule has 10 heteroatoms. The Hall–Kier alpha value is -4.44. The molecule has 9 nitrogen and oxygen atoms in total. The number of halogens is 1. The third-order valence-corrected chi connectivity index (χ3v) is 7.23. The van der Waals surface area contributed by atoms with Crippen LogP contribution in [0.2, 0.25) is 0 Å². The van der Waals surface area contributed by atoms with E-state index in [9.17, 15) is 19.2 Å². The number of urea groups is 1. The number of nitrogens with zero attached hydrogens (tertiary/aromatic N) is 1. The predicted molar refractivity (Wildman–Crippen MR) is 156 cm³/mol. The van der Waals surface area contributed by atoms with Crippen LogP contribution >= 0.6 is 15.9 Å². The van der Waals surface area contributed by atoms with Crippen LogP contribution in [0, 0.1) is 27.7 Å². The van der Waals surface area contributed by atoms with E-state index in [1.165, 1.54) is 13.2 Å². The number of carbonyl (C=O) groups excluding carboxylic acids is 4. The Morgan fingerprint density at radius 2 is 1.75 bits per heavy atom. The number of nitrogens with one attached hydrogen (secondary N) is 2. The predicted octanol–water partition coefficient (Wildman–Crippen LogP) is 5.38. The van der Waals surface area contributed by atoms with Gasteiger partial charge in [-0.05, 0) is 108 Å². The van der Waals surface area contributed by atoms with Gasteiger partial charge >= 0.3 is 6.03 Å². The van der Waals surface area contributed by atoms with Crippen LogP contribution in [0.15, 0.2) is 58.6 Å². The lowest BCUT2D eigenvalue weighted by Crippen LogP contribution is -2.54. The lowest BCUT2D eigenvalue weighted by molar-refractivity contribution is -0.122. The van der Waals surface area contributed by atoms with Crippen LogP contribution in [0.25, 0.3) is 6.08 Å². The van der Waals surface area contributed by atoms with Crippen LogP contribution in [0.1, 0.15) is 27.8 Å². The first-order valence-corrected chi connectivity index (χ1v) is 13.1. The molecule has 0 bridgehead atoms. The number of benzene rings is 3. The molecular weight excluding hydrogens is 578 g/mol. The van der Waals surface area contributed by atoms with E-state index in [-0.39, 0.29) is 29.6 Å². The van der Waals surface area contributed by atoms with Crippen molar-refractivity contribution in [3.63, 3.8) is 0 Å². The quantitative estimate of drug-likeness (QED) is 0.276. The fourth-order valence-electron chi connectivity index (χ4n) is 4.10. The van der Waals surface area contributed by atoms with Gasteiger partial charge in [0, 0.05) is 5.69 Å². The van der Waals surface area contributed by atoms with Gasteiger partial charge in [0.15, 0.2) is 18.1 Å². The number of hydrogen-bond donors (Lipinski definition) is 2. The van der Waals surface area contributed by atoms with Gasteiger partial charge in [0.1, 0.15) is 5.57 Å². The Morgan fingerprint density at radius 1 is 1.00 bits per heavy atom. The van der Waals surface area contributed by atoms with Crippen molar-refractivity contribution in [2.45, 2.75) is 27.7 Å². The van der Waals surface area contributed by atoms with Crippen molar-refractivity contribution in [2.75, 3.05) is 23.9 Å². The number of barbiturate groups is 1. The van der Waals surface area contributed by atoms with Crippen molar-refractivity contribution in [1.82, 2.24) is 5.32 Å². The summed E-state index contributed by atoms with van der Waals surface area (Å²) in [6, 6.07) is 13.2. The number of imide groups is 2. The second-order valence-corrected chi connectivity index (χ2v) is 10.2. The van der Waals surface area contributed by atoms with E-state index in [4.69, 9.17) is 9.47 Å². The van der Waals surface area contributed by atoms with Crippen LogP contribution in [0.4, 0.5) is 16.2 Å². The highest BCUT2D eigenvalue weighted by atomic mass is 79.9. The molecule has 1 fully saturated rings. The number of ether oxygens (including phenoxy) is 2. The van der Waals surface area contributed by atoms with E-state index in [1.54, 1.807) is 30.3 Å². The molecule has 0 unspecified atom stereocenters. The van der Waals surface area contributed by atoms with Gasteiger partial charge in [-0.1, -0.05) is 18.2 Å². The number of hydrogen-bond acceptors (Lipinski definition) is 6. The fourth-order valence-corrected chi connectivity index (χ4v) is 4.67. The Balaban J connectivity index is 1.57. The van der Waals surface area contributed by atoms with Gasteiger partial charge in [-0.15, -0.1) is 0 Å². The molecular formula is C30H28BrN3O6. The molecule has 3 aromatic carbocycles. The van der Waals surface area contributed by atoms with Gasteiger partial charge in [-0.2, -0.15) is 0 Å². The average molecular weight is 606 g/mol. The normalized spacial score (nSPS) is 14.3. The molecule has 0 atom stereocenters. The van der Waals surface area contributed by atoms with Crippen LogP contribution in [0.5, 0.6) is 11.5 Å². The zero-order valence-electron chi connectivity index (χ0n) is 22.7. The third-order valence-electron chi connectivity index (χ3n) is 6.64. The number of carbonyl (C=O) groups is 4. The van der Waals surface area contributed by atoms with Gasteiger partial charge in [-0.25, -0.2) is 9.69 Å². The Kier molecular flexibility index (Phi) is 8.39. The Morgan fingerprint density at radius 3 is 2.45 bits per heavy atom. The van der Waals surface area contributed by atoms with Gasteiger partial charge in [-0.3, -0.25) is 19.7 Å². The standard InChI is InChI=1S/C30H28BrN3O6/c1-16-9-10-21(11-18(16)3)34-29(37)22(28(36)33-30(34)38)12-20-13-23(31)27(25(14-20)39-5)40-15-26(35)32-24-8-6-7-17(2)19(24)4/h6-14H,15H2,1-5H3,(H,32,35)(H,33,36,38)/b22-12-. The maximum Gasteiger partial charge on any atom is 0.335 e. The highest BCUT2D eigenvalue weighted by Crippen LogP contribution is 2.37. The lowest BCUT2D eigenvalue weighted by atomic mass is 10.0. The third kappa shape index (κ3) is 5.91.